The van der Waals surface area contributed by atoms with E-state index in [-0.39, 0.29) is 101 Å². The van der Waals surface area contributed by atoms with Crippen LogP contribution in [0, 0.1) is 27.0 Å². The Kier molecular flexibility index (Phi) is 29.1. The first kappa shape index (κ1) is 88.8. The number of rotatable bonds is 15. The van der Waals surface area contributed by atoms with Gasteiger partial charge in [-0.2, -0.15) is 28.7 Å². The van der Waals surface area contributed by atoms with Gasteiger partial charge in [-0.05, 0) is 219 Å². The summed E-state index contributed by atoms with van der Waals surface area (Å²) < 4.78 is 31.5. The summed E-state index contributed by atoms with van der Waals surface area (Å²) in [7, 11) is 0. The zero-order valence-electron chi connectivity index (χ0n) is 66.5. The van der Waals surface area contributed by atoms with Gasteiger partial charge in [-0.1, -0.05) is 156 Å². The fourth-order valence-corrected chi connectivity index (χ4v) is 15.4. The minimum atomic E-state index is -0.541. The number of hydrogen-bond donors (Lipinski definition) is 4. The van der Waals surface area contributed by atoms with E-state index in [2.05, 4.69) is 69.6 Å². The molecule has 5 aliphatic carbocycles. The Morgan fingerprint density at radius 1 is 0.455 bits per heavy atom. The molecule has 38 heteroatoms. The van der Waals surface area contributed by atoms with Gasteiger partial charge in [0.1, 0.15) is 36.1 Å². The highest BCUT2D eigenvalue weighted by Gasteiger charge is 2.38. The Hall–Kier alpha value is -12.0. The summed E-state index contributed by atoms with van der Waals surface area (Å²) in [5.41, 5.74) is 7.52. The Balaban J connectivity index is 0.000000128. The van der Waals surface area contributed by atoms with Crippen molar-refractivity contribution in [3.05, 3.63) is 336 Å². The molecule has 636 valence electrons. The van der Waals surface area contributed by atoms with E-state index in [0.717, 1.165) is 89.9 Å². The van der Waals surface area contributed by atoms with Crippen LogP contribution in [0.2, 0.25) is 25.1 Å². The number of aliphatic hydroxyl groups excluding tert-OH is 2. The summed E-state index contributed by atoms with van der Waals surface area (Å²) >= 11 is 34.9. The van der Waals surface area contributed by atoms with E-state index in [4.69, 9.17) is 111 Å². The van der Waals surface area contributed by atoms with Gasteiger partial charge in [-0.25, -0.2) is 29.1 Å². The molecule has 9 heterocycles. The van der Waals surface area contributed by atoms with Crippen molar-refractivity contribution in [3.8, 4) is 0 Å². The molecule has 5 aliphatic rings. The number of benzene rings is 5. The number of nitrogens with zero attached hydrogens (tertiary/aromatic N) is 16. The van der Waals surface area contributed by atoms with E-state index < -0.39 is 23.0 Å². The molecule has 4 N–H and O–H groups in total. The molecule has 123 heavy (non-hydrogen) atoms. The Morgan fingerprint density at radius 2 is 0.797 bits per heavy atom. The molecule has 0 saturated heterocycles. The van der Waals surface area contributed by atoms with Crippen LogP contribution in [0.25, 0.3) is 31.8 Å². The standard InChI is InChI=1S/C22H17ClN6O3.C14H15ClN2O2.C13H12Cl2N2O2.C13H13ClN2O3.C10H11ClO.C9H6N4O.C4H6N2O2/c1-12-7-17(24-2)26-20-19(12)21(30)28(11-25-20)10-18-27-29(22(31)32-18)16-8-14(9-16)13-3-5-15(23)6-4-13;1-2-13-16-17(14(18)19-13)12-7-10(8-12)9-3-5-11(15)6-4-9;14-7-12-16-17(13(18)19-12)11-5-9(6-11)8-1-3-10(15)4-2-8;14-10-3-1-8(2-4-10)9-5-11(6-9)16-13(18)19-12(7-17)15-16;11-9-3-1-7(2-4-9)8-5-10(12)6-8;1-5-3-6(10-2)13-8-7(5)9(14)12-4-11-8;1-2-3-5-6-4(7)8-3/h3-7,11,14,16H,8-10H2,1H3;3-6,10,12H,2,7-8H2,1H3;1-4,9,11H,5-7H2;1-4,9,11,17H,5-7H2;1-4,8,10,12H,5-6H2;3-4H,1H3,(H,11,12,13,14);2H2,1H3,(H,6,7). The van der Waals surface area contributed by atoms with E-state index in [9.17, 15) is 33.6 Å². The van der Waals surface area contributed by atoms with Crippen molar-refractivity contribution in [2.75, 3.05) is 0 Å². The van der Waals surface area contributed by atoms with E-state index >= 15 is 0 Å². The van der Waals surface area contributed by atoms with Gasteiger partial charge >= 0.3 is 28.8 Å². The van der Waals surface area contributed by atoms with Crippen LogP contribution in [-0.2, 0) is 31.9 Å². The molecule has 14 aromatic rings. The fourth-order valence-electron chi connectivity index (χ4n) is 14.7. The van der Waals surface area contributed by atoms with Crippen molar-refractivity contribution in [1.82, 2.24) is 78.8 Å². The lowest BCUT2D eigenvalue weighted by molar-refractivity contribution is 0.0746. The van der Waals surface area contributed by atoms with Crippen LogP contribution in [0.1, 0.15) is 200 Å². The third kappa shape index (κ3) is 21.9. The summed E-state index contributed by atoms with van der Waals surface area (Å²) in [6.45, 7) is 20.8. The minimum absolute atomic E-state index is 0.0264. The lowest BCUT2D eigenvalue weighted by Gasteiger charge is -2.34. The van der Waals surface area contributed by atoms with Crippen LogP contribution in [-0.4, -0.2) is 95.1 Å². The van der Waals surface area contributed by atoms with Crippen LogP contribution in [0.15, 0.2) is 202 Å². The second-order valence-electron chi connectivity index (χ2n) is 29.8. The molecule has 0 spiro atoms. The highest BCUT2D eigenvalue weighted by atomic mass is 35.5. The van der Waals surface area contributed by atoms with Crippen molar-refractivity contribution < 1.29 is 32.3 Å². The molecule has 0 bridgehead atoms. The number of fused-ring (bicyclic) bond motifs is 2. The molecular weight excluding hydrogens is 1710 g/mol. The molecule has 0 radical (unpaired) electrons. The van der Waals surface area contributed by atoms with Gasteiger partial charge in [0, 0.05) is 38.0 Å². The molecule has 0 amide bonds. The molecular formula is C85H80Cl6N18O14. The first-order chi connectivity index (χ1) is 59.2. The summed E-state index contributed by atoms with van der Waals surface area (Å²) in [6, 6.07) is 42.5. The second-order valence-corrected chi connectivity index (χ2v) is 32.3. The SMILES string of the molecule is CCc1n[nH]c(=O)o1.CCc1nn(C2CC(c3ccc(Cl)cc3)C2)c(=O)o1.O=c1oc(CCl)nn1C1CC(c2ccc(Cl)cc2)C1.O=c1oc(CO)nn1C1CC(c2ccc(Cl)cc2)C1.OC1CC(c2ccc(Cl)cc2)C1.[C-]#[N+]c1cc(C)c2c(=O)[nH]cnc2n1.[C-]#[N+]c1cc(C)c2c(=O)n(Cc3nn(C4CC(c5ccc(Cl)cc5)C4)c(=O)o3)cnc2n1. The van der Waals surface area contributed by atoms with Crippen LogP contribution in [0.3, 0.4) is 0 Å². The van der Waals surface area contributed by atoms with Gasteiger partial charge in [0.2, 0.25) is 29.5 Å². The normalized spacial score (nSPS) is 19.4. The molecule has 19 rings (SSSR count). The van der Waals surface area contributed by atoms with Crippen molar-refractivity contribution in [2.45, 2.75) is 184 Å². The molecule has 5 saturated carbocycles. The van der Waals surface area contributed by atoms with Crippen LogP contribution in [0.5, 0.6) is 0 Å². The topological polar surface area (TPSA) is 407 Å². The van der Waals surface area contributed by atoms with Gasteiger partial charge < -0.3 is 47.0 Å². The summed E-state index contributed by atoms with van der Waals surface area (Å²) in [5.74, 6) is 1.98. The zero-order valence-corrected chi connectivity index (χ0v) is 71.0. The van der Waals surface area contributed by atoms with E-state index in [0.29, 0.717) is 81.2 Å². The molecule has 5 aromatic carbocycles. The third-order valence-corrected chi connectivity index (χ3v) is 23.2. The first-order valence-corrected chi connectivity index (χ1v) is 41.6. The van der Waals surface area contributed by atoms with Crippen molar-refractivity contribution in [3.63, 3.8) is 0 Å². The smallest absolute Gasteiger partial charge is 0.393 e. The van der Waals surface area contributed by atoms with Gasteiger partial charge in [-0.3, -0.25) is 14.2 Å². The number of alkyl halides is 1. The first-order valence-electron chi connectivity index (χ1n) is 39.2. The number of aromatic nitrogens is 16. The summed E-state index contributed by atoms with van der Waals surface area (Å²) in [4.78, 5) is 107. The van der Waals surface area contributed by atoms with Gasteiger partial charge in [0.15, 0.2) is 0 Å². The molecule has 0 unspecified atom stereocenters. The number of hydrogen-bond acceptors (Lipinski definition) is 23. The predicted molar refractivity (Wildman–Crippen MR) is 459 cm³/mol. The molecule has 5 fully saturated rings. The van der Waals surface area contributed by atoms with Crippen molar-refractivity contribution in [2.24, 2.45) is 0 Å². The Labute approximate surface area is 729 Å². The Bertz CT molecular complexity index is 6260. The van der Waals surface area contributed by atoms with Crippen LogP contribution < -0.4 is 39.9 Å². The zero-order chi connectivity index (χ0) is 87.3. The van der Waals surface area contributed by atoms with Crippen LogP contribution in [0.4, 0.5) is 11.6 Å². The van der Waals surface area contributed by atoms with Gasteiger partial charge in [0.05, 0.1) is 36.6 Å². The lowest BCUT2D eigenvalue weighted by Crippen LogP contribution is -2.31. The lowest BCUT2D eigenvalue weighted by atomic mass is 9.76. The van der Waals surface area contributed by atoms with E-state index in [1.54, 1.807) is 26.0 Å². The average molecular weight is 1790 g/mol. The number of aromatic amines is 2. The maximum atomic E-state index is 12.9. The maximum Gasteiger partial charge on any atom is 0.437 e. The number of halogens is 6. The molecule has 0 atom stereocenters. The highest BCUT2D eigenvalue weighted by Crippen LogP contribution is 2.48. The summed E-state index contributed by atoms with van der Waals surface area (Å²) in [5, 5.41) is 44.7. The van der Waals surface area contributed by atoms with E-state index in [1.165, 1.54) is 63.8 Å². The van der Waals surface area contributed by atoms with E-state index in [1.807, 2.05) is 135 Å². The highest BCUT2D eigenvalue weighted by molar-refractivity contribution is 6.31. The molecule has 0 aliphatic heterocycles. The molecule has 32 nitrogen and oxygen atoms in total. The Morgan fingerprint density at radius 3 is 1.12 bits per heavy atom. The van der Waals surface area contributed by atoms with Crippen molar-refractivity contribution in [1.29, 1.82) is 0 Å². The number of pyridine rings is 2. The largest absolute Gasteiger partial charge is 0.437 e. The average Bonchev–Trinajstić information content (AvgIpc) is 1.49. The number of H-pyrrole nitrogens is 2. The summed E-state index contributed by atoms with van der Waals surface area (Å²) in [6.07, 6.45) is 12.5. The van der Waals surface area contributed by atoms with Gasteiger partial charge in [-0.15, -0.1) is 37.1 Å². The number of aryl methyl sites for hydroxylation is 4. The fraction of sp³-hybridized carbons (Fsp3) is 0.341. The predicted octanol–water partition coefficient (Wildman–Crippen LogP) is 15.9. The molecule has 9 aromatic heterocycles. The number of aliphatic hydroxyl groups is 2. The third-order valence-electron chi connectivity index (χ3n) is 21.7. The monoisotopic (exact) mass is 1790 g/mol. The minimum Gasteiger partial charge on any atom is -0.393 e. The maximum absolute atomic E-state index is 12.9. The number of nitrogens with one attached hydrogen (secondary N) is 2. The van der Waals surface area contributed by atoms with Crippen LogP contribution >= 0.6 is 69.6 Å². The van der Waals surface area contributed by atoms with Gasteiger partial charge in [0.25, 0.3) is 34.0 Å². The second kappa shape index (κ2) is 40.3. The van der Waals surface area contributed by atoms with Crippen molar-refractivity contribution >= 4 is 103 Å². The quantitative estimate of drug-likeness (QED) is 0.0547.